The largest absolute Gasteiger partial charge is 0.481 e. The average Bonchev–Trinajstić information content (AvgIpc) is 2.46. The molecule has 0 saturated heterocycles. The van der Waals surface area contributed by atoms with E-state index < -0.39 is 11.4 Å². The summed E-state index contributed by atoms with van der Waals surface area (Å²) in [4.78, 5) is 22.9. The van der Waals surface area contributed by atoms with Crippen LogP contribution in [0.5, 0.6) is 0 Å². The van der Waals surface area contributed by atoms with Crippen LogP contribution < -0.4 is 5.32 Å². The minimum absolute atomic E-state index is 0.0506. The lowest BCUT2D eigenvalue weighted by Crippen LogP contribution is -2.46. The molecule has 4 nitrogen and oxygen atoms in total. The molecular formula is C15H19NO3S. The Labute approximate surface area is 124 Å². The molecule has 0 fully saturated rings. The van der Waals surface area contributed by atoms with Crippen molar-refractivity contribution in [2.24, 2.45) is 5.41 Å². The van der Waals surface area contributed by atoms with Crippen LogP contribution in [0.25, 0.3) is 0 Å². The molecule has 1 aromatic carbocycles. The predicted octanol–water partition coefficient (Wildman–Crippen LogP) is 1.68. The number of carbonyl (C=O) groups is 2. The first kappa shape index (κ1) is 14.9. The van der Waals surface area contributed by atoms with Crippen LogP contribution in [0.1, 0.15) is 24.0 Å². The quantitative estimate of drug-likeness (QED) is 0.724. The zero-order chi connectivity index (χ0) is 14.6. The van der Waals surface area contributed by atoms with Crippen LogP contribution in [0, 0.1) is 5.41 Å². The number of amides is 1. The maximum absolute atomic E-state index is 12.4. The Bertz CT molecular complexity index is 518. The van der Waals surface area contributed by atoms with Gasteiger partial charge in [-0.2, -0.15) is 12.6 Å². The van der Waals surface area contributed by atoms with Crippen molar-refractivity contribution in [2.75, 3.05) is 12.3 Å². The van der Waals surface area contributed by atoms with Gasteiger partial charge in [0.25, 0.3) is 0 Å². The highest BCUT2D eigenvalue weighted by Gasteiger charge is 2.39. The summed E-state index contributed by atoms with van der Waals surface area (Å²) in [6.45, 7) is 0.172. The normalized spacial score (nSPS) is 21.1. The van der Waals surface area contributed by atoms with Crippen molar-refractivity contribution < 1.29 is 14.7 Å². The third kappa shape index (κ3) is 3.15. The van der Waals surface area contributed by atoms with E-state index in [9.17, 15) is 9.59 Å². The number of rotatable bonds is 5. The van der Waals surface area contributed by atoms with Gasteiger partial charge in [0.2, 0.25) is 5.91 Å². The van der Waals surface area contributed by atoms with E-state index in [0.29, 0.717) is 12.2 Å². The first-order valence-corrected chi connectivity index (χ1v) is 7.38. The Kier molecular flexibility index (Phi) is 4.70. The monoisotopic (exact) mass is 293 g/mol. The summed E-state index contributed by atoms with van der Waals surface area (Å²) in [6.07, 6.45) is 2.24. The Morgan fingerprint density at radius 2 is 2.00 bits per heavy atom. The molecule has 0 heterocycles. The van der Waals surface area contributed by atoms with Gasteiger partial charge in [0, 0.05) is 12.3 Å². The lowest BCUT2D eigenvalue weighted by Gasteiger charge is -2.35. The number of aliphatic carboxylic acids is 1. The Hall–Kier alpha value is -1.49. The topological polar surface area (TPSA) is 66.4 Å². The number of carboxylic acid groups (broad SMARTS) is 1. The predicted molar refractivity (Wildman–Crippen MR) is 80.0 cm³/mol. The van der Waals surface area contributed by atoms with Crippen molar-refractivity contribution in [2.45, 2.75) is 25.7 Å². The maximum atomic E-state index is 12.4. The summed E-state index contributed by atoms with van der Waals surface area (Å²) >= 11 is 4.37. The molecule has 1 atom stereocenters. The molecule has 0 spiro atoms. The van der Waals surface area contributed by atoms with Crippen LogP contribution >= 0.6 is 12.6 Å². The van der Waals surface area contributed by atoms with Gasteiger partial charge in [-0.25, -0.2) is 0 Å². The zero-order valence-electron chi connectivity index (χ0n) is 11.3. The second kappa shape index (κ2) is 6.31. The fraction of sp³-hybridized carbons (Fsp3) is 0.467. The van der Waals surface area contributed by atoms with Gasteiger partial charge in [-0.05, 0) is 30.4 Å². The number of carbonyl (C=O) groups excluding carboxylic acids is 1. The molecule has 1 unspecified atom stereocenters. The highest BCUT2D eigenvalue weighted by molar-refractivity contribution is 7.80. The molecule has 1 aliphatic carbocycles. The van der Waals surface area contributed by atoms with E-state index in [2.05, 4.69) is 30.1 Å². The third-order valence-electron chi connectivity index (χ3n) is 3.93. The van der Waals surface area contributed by atoms with Crippen LogP contribution in [0.3, 0.4) is 0 Å². The molecule has 1 aromatic rings. The van der Waals surface area contributed by atoms with Gasteiger partial charge in [-0.15, -0.1) is 0 Å². The average molecular weight is 293 g/mol. The molecule has 108 valence electrons. The molecule has 1 amide bonds. The molecule has 20 heavy (non-hydrogen) atoms. The SMILES string of the molecule is O=C(O)CCNC(=O)C1(CS)CCc2ccccc2C1. The molecule has 0 aliphatic heterocycles. The molecular weight excluding hydrogens is 274 g/mol. The molecule has 5 heteroatoms. The lowest BCUT2D eigenvalue weighted by atomic mass is 9.72. The van der Waals surface area contributed by atoms with Gasteiger partial charge in [0.05, 0.1) is 11.8 Å². The summed E-state index contributed by atoms with van der Waals surface area (Å²) in [5, 5.41) is 11.4. The van der Waals surface area contributed by atoms with E-state index in [1.807, 2.05) is 12.1 Å². The van der Waals surface area contributed by atoms with Gasteiger partial charge >= 0.3 is 5.97 Å². The minimum atomic E-state index is -0.904. The molecule has 0 radical (unpaired) electrons. The van der Waals surface area contributed by atoms with Gasteiger partial charge in [0.1, 0.15) is 0 Å². The van der Waals surface area contributed by atoms with Gasteiger partial charge in [-0.1, -0.05) is 24.3 Å². The van der Waals surface area contributed by atoms with Crippen molar-refractivity contribution in [3.63, 3.8) is 0 Å². The van der Waals surface area contributed by atoms with Crippen LogP contribution in [0.15, 0.2) is 24.3 Å². The number of hydrogen-bond donors (Lipinski definition) is 3. The fourth-order valence-corrected chi connectivity index (χ4v) is 3.09. The van der Waals surface area contributed by atoms with Crippen LogP contribution in [-0.2, 0) is 22.4 Å². The van der Waals surface area contributed by atoms with Crippen molar-refractivity contribution in [3.8, 4) is 0 Å². The Morgan fingerprint density at radius 1 is 1.30 bits per heavy atom. The van der Waals surface area contributed by atoms with Crippen LogP contribution in [0.4, 0.5) is 0 Å². The molecule has 2 N–H and O–H groups in total. The first-order chi connectivity index (χ1) is 9.57. The highest BCUT2D eigenvalue weighted by atomic mass is 32.1. The smallest absolute Gasteiger partial charge is 0.305 e. The van der Waals surface area contributed by atoms with E-state index >= 15 is 0 Å². The number of aryl methyl sites for hydroxylation is 1. The van der Waals surface area contributed by atoms with E-state index in [0.717, 1.165) is 12.8 Å². The number of thiol groups is 1. The highest BCUT2D eigenvalue weighted by Crippen LogP contribution is 2.36. The van der Waals surface area contributed by atoms with E-state index in [4.69, 9.17) is 5.11 Å². The fourth-order valence-electron chi connectivity index (χ4n) is 2.67. The zero-order valence-corrected chi connectivity index (χ0v) is 12.2. The van der Waals surface area contributed by atoms with Gasteiger partial charge in [-0.3, -0.25) is 9.59 Å². The molecule has 0 bridgehead atoms. The van der Waals surface area contributed by atoms with Crippen molar-refractivity contribution in [1.29, 1.82) is 0 Å². The van der Waals surface area contributed by atoms with Crippen LogP contribution in [-0.4, -0.2) is 29.3 Å². The Balaban J connectivity index is 2.07. The third-order valence-corrected chi connectivity index (χ3v) is 4.53. The van der Waals surface area contributed by atoms with Crippen molar-refractivity contribution >= 4 is 24.5 Å². The summed E-state index contributed by atoms with van der Waals surface area (Å²) in [5.41, 5.74) is 1.97. The second-order valence-electron chi connectivity index (χ2n) is 5.28. The number of fused-ring (bicyclic) bond motifs is 1. The summed E-state index contributed by atoms with van der Waals surface area (Å²) in [6, 6.07) is 8.15. The van der Waals surface area contributed by atoms with E-state index in [-0.39, 0.29) is 18.9 Å². The number of carboxylic acids is 1. The van der Waals surface area contributed by atoms with Crippen molar-refractivity contribution in [3.05, 3.63) is 35.4 Å². The minimum Gasteiger partial charge on any atom is -0.481 e. The summed E-state index contributed by atoms with van der Waals surface area (Å²) in [7, 11) is 0. The second-order valence-corrected chi connectivity index (χ2v) is 5.60. The Morgan fingerprint density at radius 3 is 2.65 bits per heavy atom. The standard InChI is InChI=1S/C15H19NO3S/c17-13(18)6-8-16-14(19)15(10-20)7-5-11-3-1-2-4-12(11)9-15/h1-4,20H,5-10H2,(H,16,19)(H,17,18). The lowest BCUT2D eigenvalue weighted by molar-refractivity contribution is -0.137. The number of hydrogen-bond acceptors (Lipinski definition) is 3. The molecule has 1 aliphatic rings. The van der Waals surface area contributed by atoms with Gasteiger partial charge < -0.3 is 10.4 Å². The van der Waals surface area contributed by atoms with Crippen molar-refractivity contribution in [1.82, 2.24) is 5.32 Å². The number of nitrogens with one attached hydrogen (secondary N) is 1. The molecule has 0 saturated carbocycles. The van der Waals surface area contributed by atoms with E-state index in [1.165, 1.54) is 11.1 Å². The molecule has 0 aromatic heterocycles. The first-order valence-electron chi connectivity index (χ1n) is 6.75. The summed E-state index contributed by atoms with van der Waals surface area (Å²) in [5.74, 6) is -0.511. The number of benzene rings is 1. The van der Waals surface area contributed by atoms with E-state index in [1.54, 1.807) is 0 Å². The van der Waals surface area contributed by atoms with Gasteiger partial charge in [0.15, 0.2) is 0 Å². The molecule has 2 rings (SSSR count). The maximum Gasteiger partial charge on any atom is 0.305 e. The van der Waals surface area contributed by atoms with Crippen LogP contribution in [0.2, 0.25) is 0 Å². The summed E-state index contributed by atoms with van der Waals surface area (Å²) < 4.78 is 0.